The minimum Gasteiger partial charge on any atom is -0.481 e. The van der Waals surface area contributed by atoms with Gasteiger partial charge in [-0.1, -0.05) is 18.2 Å². The van der Waals surface area contributed by atoms with E-state index >= 15 is 0 Å². The monoisotopic (exact) mass is 644 g/mol. The molecule has 15 heteroatoms. The number of sulfonamides is 1. The molecule has 6 rings (SSSR count). The number of aliphatic carboxylic acids is 1. The van der Waals surface area contributed by atoms with Crippen LogP contribution in [0.3, 0.4) is 0 Å². The number of hydrogen-bond donors (Lipinski definition) is 2. The van der Waals surface area contributed by atoms with E-state index in [9.17, 15) is 31.5 Å². The molecular formula is C30H31F3N6O5S. The average Bonchev–Trinajstić information content (AvgIpc) is 3.36. The number of hydrogen-bond acceptors (Lipinski definition) is 8. The lowest BCUT2D eigenvalue weighted by Gasteiger charge is -2.42. The molecule has 1 atom stereocenters. The van der Waals surface area contributed by atoms with Crippen molar-refractivity contribution < 1.29 is 36.2 Å². The van der Waals surface area contributed by atoms with Crippen molar-refractivity contribution >= 4 is 21.6 Å². The van der Waals surface area contributed by atoms with Crippen LogP contribution in [0.25, 0.3) is 5.65 Å². The number of aryl methyl sites for hydroxylation is 2. The van der Waals surface area contributed by atoms with Gasteiger partial charge in [-0.05, 0) is 73.7 Å². The Bertz CT molecular complexity index is 1940. The third-order valence-electron chi connectivity index (χ3n) is 8.78. The van der Waals surface area contributed by atoms with E-state index in [-0.39, 0.29) is 29.5 Å². The summed E-state index contributed by atoms with van der Waals surface area (Å²) in [5, 5.41) is 20.6. The van der Waals surface area contributed by atoms with Gasteiger partial charge in [0.25, 0.3) is 0 Å². The van der Waals surface area contributed by atoms with Gasteiger partial charge in [-0.15, -0.1) is 10.2 Å². The standard InChI is InChI=1S/C30H31F3N6O5S/c1-17-7-8-19(12-20(17)13-38-16-29(14-34-15-29)44-25-22(45(38,42)43)6-5-10-35-25)23(28(3,4)27(40)41)21-9-11-39-24(18(21)2)36-37-26(39)30(31,32)33/h5-12,23,34H,13-16H2,1-4H3,(H,40,41)/t23-/m1/s1. The number of carbonyl (C=O) groups is 1. The van der Waals surface area contributed by atoms with E-state index in [1.54, 1.807) is 39.0 Å². The van der Waals surface area contributed by atoms with Gasteiger partial charge in [0.1, 0.15) is 10.5 Å². The molecule has 0 saturated carbocycles. The molecule has 4 aromatic rings. The van der Waals surface area contributed by atoms with E-state index in [0.29, 0.717) is 35.3 Å². The number of halogens is 3. The second-order valence-corrected chi connectivity index (χ2v) is 14.1. The first-order chi connectivity index (χ1) is 21.0. The largest absolute Gasteiger partial charge is 0.481 e. The van der Waals surface area contributed by atoms with E-state index in [4.69, 9.17) is 4.74 Å². The maximum Gasteiger partial charge on any atom is 0.452 e. The van der Waals surface area contributed by atoms with Crippen molar-refractivity contribution in [2.45, 2.75) is 56.8 Å². The Labute approximate surface area is 257 Å². The SMILES string of the molecule is Cc1ccc([C@H](c2ccn3c(C(F)(F)F)nnc3c2C)C(C)(C)C(=O)O)cc1CN1CC2(CNC2)Oc2ncccc2S1(=O)=O. The van der Waals surface area contributed by atoms with Crippen molar-refractivity contribution in [2.24, 2.45) is 5.41 Å². The molecule has 1 aromatic carbocycles. The van der Waals surface area contributed by atoms with Crippen LogP contribution >= 0.6 is 0 Å². The number of fused-ring (bicyclic) bond motifs is 2. The molecule has 0 unspecified atom stereocenters. The molecule has 11 nitrogen and oxygen atoms in total. The summed E-state index contributed by atoms with van der Waals surface area (Å²) in [5.74, 6) is -3.11. The van der Waals surface area contributed by atoms with E-state index < -0.39 is 44.9 Å². The first kappa shape index (κ1) is 30.9. The number of ether oxygens (including phenoxy) is 1. The number of benzene rings is 1. The number of aromatic nitrogens is 4. The Balaban J connectivity index is 1.46. The Morgan fingerprint density at radius 2 is 1.89 bits per heavy atom. The molecule has 0 amide bonds. The summed E-state index contributed by atoms with van der Waals surface area (Å²) in [7, 11) is -4.04. The molecule has 2 N–H and O–H groups in total. The number of pyridine rings is 2. The van der Waals surface area contributed by atoms with Crippen LogP contribution in [0.5, 0.6) is 5.88 Å². The van der Waals surface area contributed by atoms with Gasteiger partial charge >= 0.3 is 12.1 Å². The molecule has 0 aliphatic carbocycles. The van der Waals surface area contributed by atoms with Crippen LogP contribution in [0.1, 0.15) is 53.4 Å². The molecule has 2 aliphatic heterocycles. The van der Waals surface area contributed by atoms with Crippen molar-refractivity contribution in [3.8, 4) is 5.88 Å². The van der Waals surface area contributed by atoms with Crippen LogP contribution in [0.15, 0.2) is 53.7 Å². The second kappa shape index (κ2) is 10.5. The molecule has 1 saturated heterocycles. The number of alkyl halides is 3. The van der Waals surface area contributed by atoms with Crippen LogP contribution in [0.4, 0.5) is 13.2 Å². The minimum absolute atomic E-state index is 0.0290. The van der Waals surface area contributed by atoms with E-state index in [2.05, 4.69) is 20.5 Å². The van der Waals surface area contributed by atoms with Crippen LogP contribution < -0.4 is 10.1 Å². The van der Waals surface area contributed by atoms with Crippen molar-refractivity contribution in [1.82, 2.24) is 29.2 Å². The predicted octanol–water partition coefficient (Wildman–Crippen LogP) is 3.93. The van der Waals surface area contributed by atoms with Gasteiger partial charge in [-0.2, -0.15) is 17.5 Å². The molecule has 5 heterocycles. The summed E-state index contributed by atoms with van der Waals surface area (Å²) in [5.41, 5.74) is 0.495. The molecule has 3 aromatic heterocycles. The maximum atomic E-state index is 13.9. The predicted molar refractivity (Wildman–Crippen MR) is 155 cm³/mol. The van der Waals surface area contributed by atoms with Crippen LogP contribution in [0.2, 0.25) is 0 Å². The summed E-state index contributed by atoms with van der Waals surface area (Å²) in [4.78, 5) is 16.8. The number of rotatable bonds is 6. The highest BCUT2D eigenvalue weighted by atomic mass is 32.2. The van der Waals surface area contributed by atoms with E-state index in [1.165, 1.54) is 34.9 Å². The normalized spacial score (nSPS) is 18.6. The molecular weight excluding hydrogens is 613 g/mol. The topological polar surface area (TPSA) is 139 Å². The Hall–Kier alpha value is -4.08. The number of carboxylic acid groups (broad SMARTS) is 1. The number of carboxylic acids is 1. The van der Waals surface area contributed by atoms with Crippen molar-refractivity contribution in [3.05, 3.63) is 82.4 Å². The van der Waals surface area contributed by atoms with Crippen LogP contribution in [0, 0.1) is 19.3 Å². The highest BCUT2D eigenvalue weighted by Crippen LogP contribution is 2.44. The summed E-state index contributed by atoms with van der Waals surface area (Å²) in [6.07, 6.45) is -2.06. The smallest absolute Gasteiger partial charge is 0.452 e. The van der Waals surface area contributed by atoms with Crippen molar-refractivity contribution in [1.29, 1.82) is 0 Å². The zero-order valence-corrected chi connectivity index (χ0v) is 25.7. The van der Waals surface area contributed by atoms with E-state index in [1.807, 2.05) is 6.92 Å². The van der Waals surface area contributed by atoms with Crippen LogP contribution in [-0.2, 0) is 27.5 Å². The average molecular weight is 645 g/mol. The fraction of sp³-hybridized carbons (Fsp3) is 0.400. The van der Waals surface area contributed by atoms with Gasteiger partial charge in [0, 0.05) is 37.9 Å². The van der Waals surface area contributed by atoms with Crippen molar-refractivity contribution in [2.75, 3.05) is 19.6 Å². The lowest BCUT2D eigenvalue weighted by Crippen LogP contribution is -2.67. The zero-order valence-electron chi connectivity index (χ0n) is 24.9. The summed E-state index contributed by atoms with van der Waals surface area (Å²) in [6, 6.07) is 9.78. The van der Waals surface area contributed by atoms with Gasteiger partial charge in [0.15, 0.2) is 5.65 Å². The number of nitrogens with zero attached hydrogens (tertiary/aromatic N) is 5. The van der Waals surface area contributed by atoms with Crippen molar-refractivity contribution in [3.63, 3.8) is 0 Å². The lowest BCUT2D eigenvalue weighted by molar-refractivity contribution is -0.147. The Kier molecular flexibility index (Phi) is 7.21. The quantitative estimate of drug-likeness (QED) is 0.320. The minimum atomic E-state index is -4.73. The fourth-order valence-corrected chi connectivity index (χ4v) is 7.66. The van der Waals surface area contributed by atoms with Gasteiger partial charge in [0.05, 0.1) is 12.0 Å². The fourth-order valence-electron chi connectivity index (χ4n) is 6.10. The first-order valence-electron chi connectivity index (χ1n) is 14.1. The van der Waals surface area contributed by atoms with Gasteiger partial charge < -0.3 is 15.2 Å². The van der Waals surface area contributed by atoms with Crippen LogP contribution in [-0.4, -0.2) is 68.6 Å². The Morgan fingerprint density at radius 1 is 1.16 bits per heavy atom. The second-order valence-electron chi connectivity index (χ2n) is 12.2. The van der Waals surface area contributed by atoms with E-state index in [0.717, 1.165) is 9.96 Å². The molecule has 0 radical (unpaired) electrons. The highest BCUT2D eigenvalue weighted by Gasteiger charge is 2.48. The molecule has 0 bridgehead atoms. The molecule has 1 spiro atoms. The molecule has 238 valence electrons. The molecule has 2 aliphatic rings. The summed E-state index contributed by atoms with van der Waals surface area (Å²) in [6.45, 7) is 7.41. The van der Waals surface area contributed by atoms with Gasteiger partial charge in [-0.3, -0.25) is 9.20 Å². The maximum absolute atomic E-state index is 13.9. The summed E-state index contributed by atoms with van der Waals surface area (Å²) < 4.78 is 76.8. The first-order valence-corrected chi connectivity index (χ1v) is 15.6. The molecule has 1 fully saturated rings. The molecule has 45 heavy (non-hydrogen) atoms. The van der Waals surface area contributed by atoms with Gasteiger partial charge in [0.2, 0.25) is 21.7 Å². The third-order valence-corrected chi connectivity index (χ3v) is 10.6. The number of nitrogens with one attached hydrogen (secondary N) is 1. The lowest BCUT2D eigenvalue weighted by atomic mass is 9.70. The third kappa shape index (κ3) is 5.12. The highest BCUT2D eigenvalue weighted by molar-refractivity contribution is 7.89. The van der Waals surface area contributed by atoms with Gasteiger partial charge in [-0.25, -0.2) is 13.4 Å². The summed E-state index contributed by atoms with van der Waals surface area (Å²) >= 11 is 0. The zero-order chi connectivity index (χ0) is 32.5. The Morgan fingerprint density at radius 3 is 2.53 bits per heavy atom.